The monoisotopic (exact) mass is 484 g/mol. The molecule has 4 rings (SSSR count). The Bertz CT molecular complexity index is 1210. The van der Waals surface area contributed by atoms with E-state index in [4.69, 9.17) is 4.98 Å². The van der Waals surface area contributed by atoms with Gasteiger partial charge in [-0.3, -0.25) is 9.78 Å². The maximum Gasteiger partial charge on any atom is 0.387 e. The Labute approximate surface area is 203 Å². The van der Waals surface area contributed by atoms with Gasteiger partial charge < -0.3 is 20.1 Å². The van der Waals surface area contributed by atoms with Crippen molar-refractivity contribution in [2.24, 2.45) is 5.92 Å². The summed E-state index contributed by atoms with van der Waals surface area (Å²) in [6, 6.07) is 7.88. The minimum Gasteiger partial charge on any atom is -0.504 e. The number of hydrogen-bond donors (Lipinski definition) is 2. The summed E-state index contributed by atoms with van der Waals surface area (Å²) < 4.78 is 29.9. The van der Waals surface area contributed by atoms with E-state index in [-0.39, 0.29) is 23.3 Å². The Hall–Kier alpha value is -3.33. The van der Waals surface area contributed by atoms with Gasteiger partial charge >= 0.3 is 6.61 Å². The first kappa shape index (κ1) is 24.8. The van der Waals surface area contributed by atoms with Crippen molar-refractivity contribution in [1.82, 2.24) is 14.9 Å². The molecule has 2 N–H and O–H groups in total. The first-order chi connectivity index (χ1) is 16.7. The summed E-state index contributed by atoms with van der Waals surface area (Å²) in [6.45, 7) is -0.496. The zero-order valence-corrected chi connectivity index (χ0v) is 20.1. The molecule has 2 aromatic heterocycles. The average molecular weight is 485 g/mol. The van der Waals surface area contributed by atoms with Crippen molar-refractivity contribution < 1.29 is 23.4 Å². The minimum absolute atomic E-state index is 0.118. The number of fused-ring (bicyclic) bond motifs is 1. The van der Waals surface area contributed by atoms with E-state index in [0.717, 1.165) is 32.2 Å². The maximum atomic E-state index is 12.7. The number of aromatic nitrogens is 2. The van der Waals surface area contributed by atoms with Gasteiger partial charge in [0.05, 0.1) is 22.5 Å². The highest BCUT2D eigenvalue weighted by Gasteiger charge is 2.24. The molecule has 9 heteroatoms. The number of carbonyl (C=O) groups is 1. The highest BCUT2D eigenvalue weighted by molar-refractivity contribution is 6.06. The van der Waals surface area contributed by atoms with Crippen LogP contribution in [0.2, 0.25) is 0 Å². The van der Waals surface area contributed by atoms with E-state index in [0.29, 0.717) is 39.5 Å². The normalized spacial score (nSPS) is 18.3. The number of ether oxygens (including phenoxy) is 1. The molecule has 1 fully saturated rings. The van der Waals surface area contributed by atoms with E-state index < -0.39 is 6.61 Å². The molecule has 0 bridgehead atoms. The molecule has 0 unspecified atom stereocenters. The molecule has 1 saturated carbocycles. The molecule has 7 nitrogen and oxygen atoms in total. The first-order valence-corrected chi connectivity index (χ1v) is 11.7. The number of anilines is 1. The van der Waals surface area contributed by atoms with Crippen LogP contribution in [0.4, 0.5) is 14.5 Å². The van der Waals surface area contributed by atoms with Crippen molar-refractivity contribution in [3.63, 3.8) is 0 Å². The van der Waals surface area contributed by atoms with E-state index >= 15 is 0 Å². The number of carbonyl (C=O) groups excluding carboxylic acids is 1. The maximum absolute atomic E-state index is 12.7. The second kappa shape index (κ2) is 10.5. The van der Waals surface area contributed by atoms with Gasteiger partial charge in [0.1, 0.15) is 5.52 Å². The smallest absolute Gasteiger partial charge is 0.387 e. The van der Waals surface area contributed by atoms with Crippen LogP contribution in [0, 0.1) is 5.92 Å². The van der Waals surface area contributed by atoms with E-state index in [9.17, 15) is 18.7 Å². The Morgan fingerprint density at radius 3 is 2.60 bits per heavy atom. The molecule has 2 heterocycles. The van der Waals surface area contributed by atoms with E-state index in [1.54, 1.807) is 24.4 Å². The number of benzene rings is 1. The third kappa shape index (κ3) is 5.85. The summed E-state index contributed by atoms with van der Waals surface area (Å²) in [5, 5.41) is 13.4. The number of phenols is 1. The third-order valence-electron chi connectivity index (χ3n) is 6.38. The van der Waals surface area contributed by atoms with Crippen LogP contribution in [0.15, 0.2) is 36.5 Å². The van der Waals surface area contributed by atoms with Gasteiger partial charge in [0.25, 0.3) is 0 Å². The van der Waals surface area contributed by atoms with Gasteiger partial charge in [0.15, 0.2) is 17.3 Å². The molecular formula is C26H30F2N4O3. The lowest BCUT2D eigenvalue weighted by molar-refractivity contribution is -0.0512. The van der Waals surface area contributed by atoms with Crippen LogP contribution in [-0.2, 0) is 0 Å². The number of phenolic OH excluding ortho intramolecular Hbond substituents is 1. The summed E-state index contributed by atoms with van der Waals surface area (Å²) in [5.74, 6) is -0.175. The summed E-state index contributed by atoms with van der Waals surface area (Å²) in [5.41, 5.74) is 3.23. The van der Waals surface area contributed by atoms with Crippen LogP contribution >= 0.6 is 0 Å². The summed E-state index contributed by atoms with van der Waals surface area (Å²) in [7, 11) is 4.18. The largest absolute Gasteiger partial charge is 0.504 e. The van der Waals surface area contributed by atoms with Crippen LogP contribution < -0.4 is 10.1 Å². The molecule has 0 radical (unpaired) electrons. The third-order valence-corrected chi connectivity index (χ3v) is 6.38. The number of pyridine rings is 2. The van der Waals surface area contributed by atoms with Gasteiger partial charge in [0, 0.05) is 24.3 Å². The number of hydrogen-bond acceptors (Lipinski definition) is 7. The molecule has 1 aromatic carbocycles. The predicted octanol–water partition coefficient (Wildman–Crippen LogP) is 5.34. The standard InChI is InChI=1S/C26H30F2N4O3/c1-15(33)19-13-29-21-10-9-20(17-6-11-22(34)23(12-17)35-26(27)28)31-25(21)24(19)30-18-7-4-16(5-8-18)14-32(2)3/h6,9-13,16,18,26,34H,4-5,7-8,14H2,1-3H3,(H,29,30)/t16-,18-. The van der Waals surface area contributed by atoms with Gasteiger partial charge in [-0.2, -0.15) is 8.78 Å². The molecule has 0 atom stereocenters. The molecule has 35 heavy (non-hydrogen) atoms. The van der Waals surface area contributed by atoms with Gasteiger partial charge in [-0.05, 0) is 83.0 Å². The quantitative estimate of drug-likeness (QED) is 0.418. The highest BCUT2D eigenvalue weighted by Crippen LogP contribution is 2.35. The van der Waals surface area contributed by atoms with Crippen molar-refractivity contribution >= 4 is 22.5 Å². The van der Waals surface area contributed by atoms with Gasteiger partial charge in [-0.1, -0.05) is 0 Å². The second-order valence-corrected chi connectivity index (χ2v) is 9.35. The summed E-state index contributed by atoms with van der Waals surface area (Å²) >= 11 is 0. The Balaban J connectivity index is 1.68. The molecule has 0 spiro atoms. The van der Waals surface area contributed by atoms with Crippen molar-refractivity contribution in [2.75, 3.05) is 26.0 Å². The number of ketones is 1. The van der Waals surface area contributed by atoms with Crippen molar-refractivity contribution in [3.8, 4) is 22.8 Å². The molecule has 0 saturated heterocycles. The molecule has 0 aliphatic heterocycles. The number of Topliss-reactive ketones (excluding diaryl/α,β-unsaturated/α-hetero) is 1. The SMILES string of the molecule is CC(=O)c1cnc2ccc(-c3ccc(O)c(OC(F)F)c3)nc2c1N[C@H]1CC[C@H](CN(C)C)CC1. The molecule has 1 aliphatic rings. The predicted molar refractivity (Wildman–Crippen MR) is 131 cm³/mol. The molecule has 186 valence electrons. The van der Waals surface area contributed by atoms with Gasteiger partial charge in [-0.15, -0.1) is 0 Å². The minimum atomic E-state index is -3.06. The van der Waals surface area contributed by atoms with Crippen molar-refractivity contribution in [1.29, 1.82) is 0 Å². The fourth-order valence-electron chi connectivity index (χ4n) is 4.71. The van der Waals surface area contributed by atoms with E-state index in [2.05, 4.69) is 34.0 Å². The number of nitrogens with zero attached hydrogens (tertiary/aromatic N) is 3. The zero-order valence-electron chi connectivity index (χ0n) is 20.1. The lowest BCUT2D eigenvalue weighted by Gasteiger charge is -2.31. The van der Waals surface area contributed by atoms with Crippen LogP contribution in [0.5, 0.6) is 11.5 Å². The highest BCUT2D eigenvalue weighted by atomic mass is 19.3. The number of alkyl halides is 2. The average Bonchev–Trinajstić information content (AvgIpc) is 2.81. The number of nitrogens with one attached hydrogen (secondary N) is 1. The summed E-state index contributed by atoms with van der Waals surface area (Å²) in [6.07, 6.45) is 5.76. The van der Waals surface area contributed by atoms with Crippen LogP contribution in [0.3, 0.4) is 0 Å². The van der Waals surface area contributed by atoms with Crippen LogP contribution in [0.25, 0.3) is 22.3 Å². The molecule has 0 amide bonds. The Morgan fingerprint density at radius 2 is 1.94 bits per heavy atom. The zero-order chi connectivity index (χ0) is 25.1. The first-order valence-electron chi connectivity index (χ1n) is 11.7. The fourth-order valence-corrected chi connectivity index (χ4v) is 4.71. The van der Waals surface area contributed by atoms with Crippen LogP contribution in [0.1, 0.15) is 43.0 Å². The number of halogens is 2. The fraction of sp³-hybridized carbons (Fsp3) is 0.423. The van der Waals surface area contributed by atoms with E-state index in [1.165, 1.54) is 19.1 Å². The molecule has 3 aromatic rings. The van der Waals surface area contributed by atoms with Crippen LogP contribution in [-0.4, -0.2) is 59.1 Å². The number of aromatic hydroxyl groups is 1. The Morgan fingerprint density at radius 1 is 1.20 bits per heavy atom. The Kier molecular flexibility index (Phi) is 7.45. The molecule has 1 aliphatic carbocycles. The van der Waals surface area contributed by atoms with Gasteiger partial charge in [-0.25, -0.2) is 4.98 Å². The lowest BCUT2D eigenvalue weighted by Crippen LogP contribution is -2.31. The number of rotatable bonds is 8. The summed E-state index contributed by atoms with van der Waals surface area (Å²) in [4.78, 5) is 23.8. The topological polar surface area (TPSA) is 87.6 Å². The van der Waals surface area contributed by atoms with Gasteiger partial charge in [0.2, 0.25) is 0 Å². The van der Waals surface area contributed by atoms with Crippen molar-refractivity contribution in [2.45, 2.75) is 45.3 Å². The second-order valence-electron chi connectivity index (χ2n) is 9.35. The van der Waals surface area contributed by atoms with E-state index in [1.807, 2.05) is 0 Å². The molecular weight excluding hydrogens is 454 g/mol. The van der Waals surface area contributed by atoms with Crippen molar-refractivity contribution in [3.05, 3.63) is 42.1 Å². The lowest BCUT2D eigenvalue weighted by atomic mass is 9.85.